The van der Waals surface area contributed by atoms with Crippen molar-refractivity contribution in [3.8, 4) is 5.75 Å². The maximum Gasteiger partial charge on any atom is 0.149 e. The Labute approximate surface area is 83.5 Å². The number of anilines is 1. The topological polar surface area (TPSA) is 21.3 Å². The van der Waals surface area contributed by atoms with Gasteiger partial charge in [-0.15, -0.1) is 12.4 Å². The maximum atomic E-state index is 13.0. The molecule has 0 amide bonds. The summed E-state index contributed by atoms with van der Waals surface area (Å²) < 4.78 is 18.1. The lowest BCUT2D eigenvalue weighted by molar-refractivity contribution is 0.338. The molecule has 0 saturated carbocycles. The van der Waals surface area contributed by atoms with E-state index in [1.165, 1.54) is 6.07 Å². The predicted molar refractivity (Wildman–Crippen MR) is 54.4 cm³/mol. The molecule has 0 aromatic heterocycles. The molecule has 0 radical (unpaired) electrons. The van der Waals surface area contributed by atoms with Crippen LogP contribution in [0.15, 0.2) is 18.2 Å². The fraction of sp³-hybridized carbons (Fsp3) is 0.333. The number of halogens is 2. The molecule has 0 fully saturated rings. The molecule has 74 valence electrons. The highest BCUT2D eigenvalue weighted by atomic mass is 35.5. The van der Waals surface area contributed by atoms with Crippen LogP contribution in [0.1, 0.15) is 6.92 Å². The Bertz CT molecular complexity index is 268. The highest BCUT2D eigenvalue weighted by Gasteiger charge is 2.00. The molecule has 0 spiro atoms. The van der Waals surface area contributed by atoms with Gasteiger partial charge < -0.3 is 10.1 Å². The van der Waals surface area contributed by atoms with Crippen molar-refractivity contribution < 1.29 is 9.13 Å². The highest BCUT2D eigenvalue weighted by molar-refractivity contribution is 5.85. The molecular formula is C9H13ClFNO. The molecule has 0 aliphatic carbocycles. The van der Waals surface area contributed by atoms with Gasteiger partial charge in [0.25, 0.3) is 0 Å². The van der Waals surface area contributed by atoms with Crippen LogP contribution in [-0.2, 0) is 0 Å². The van der Waals surface area contributed by atoms with Gasteiger partial charge in [0.1, 0.15) is 11.6 Å². The zero-order valence-electron chi connectivity index (χ0n) is 7.63. The summed E-state index contributed by atoms with van der Waals surface area (Å²) in [6.45, 7) is 2.42. The molecule has 1 rings (SSSR count). The summed E-state index contributed by atoms with van der Waals surface area (Å²) >= 11 is 0. The lowest BCUT2D eigenvalue weighted by Gasteiger charge is -2.05. The van der Waals surface area contributed by atoms with E-state index in [2.05, 4.69) is 5.32 Å². The van der Waals surface area contributed by atoms with Crippen molar-refractivity contribution in [1.29, 1.82) is 0 Å². The smallest absolute Gasteiger partial charge is 0.149 e. The summed E-state index contributed by atoms with van der Waals surface area (Å²) in [6.07, 6.45) is 0. The van der Waals surface area contributed by atoms with Crippen molar-refractivity contribution in [3.63, 3.8) is 0 Å². The lowest BCUT2D eigenvalue weighted by Crippen LogP contribution is -1.95. The van der Waals surface area contributed by atoms with Gasteiger partial charge in [0.2, 0.25) is 0 Å². The molecule has 0 atom stereocenters. The molecule has 2 nitrogen and oxygen atoms in total. The lowest BCUT2D eigenvalue weighted by atomic mass is 10.3. The number of ether oxygens (including phenoxy) is 1. The molecule has 4 heteroatoms. The second-order valence-electron chi connectivity index (χ2n) is 2.32. The van der Waals surface area contributed by atoms with Gasteiger partial charge in [0.05, 0.1) is 12.3 Å². The fourth-order valence-corrected chi connectivity index (χ4v) is 0.955. The SMILES string of the molecule is CCOc1ccc(NC)c(F)c1.Cl. The number of hydrogen-bond donors (Lipinski definition) is 1. The average molecular weight is 206 g/mol. The van der Waals surface area contributed by atoms with Gasteiger partial charge in [0, 0.05) is 13.1 Å². The minimum absolute atomic E-state index is 0. The van der Waals surface area contributed by atoms with E-state index in [1.54, 1.807) is 19.2 Å². The van der Waals surface area contributed by atoms with E-state index in [-0.39, 0.29) is 18.2 Å². The Morgan fingerprint density at radius 3 is 2.62 bits per heavy atom. The Morgan fingerprint density at radius 2 is 2.15 bits per heavy atom. The van der Waals surface area contributed by atoms with Gasteiger partial charge in [0.15, 0.2) is 0 Å². The molecule has 13 heavy (non-hydrogen) atoms. The third kappa shape index (κ3) is 3.11. The largest absolute Gasteiger partial charge is 0.494 e. The number of rotatable bonds is 3. The van der Waals surface area contributed by atoms with E-state index in [1.807, 2.05) is 6.92 Å². The van der Waals surface area contributed by atoms with Crippen LogP contribution in [0.4, 0.5) is 10.1 Å². The van der Waals surface area contributed by atoms with Gasteiger partial charge in [-0.2, -0.15) is 0 Å². The zero-order chi connectivity index (χ0) is 8.97. The molecule has 1 aromatic rings. The van der Waals surface area contributed by atoms with Gasteiger partial charge >= 0.3 is 0 Å². The summed E-state index contributed by atoms with van der Waals surface area (Å²) in [5.74, 6) is 0.275. The summed E-state index contributed by atoms with van der Waals surface area (Å²) in [5, 5.41) is 2.73. The van der Waals surface area contributed by atoms with Crippen molar-refractivity contribution in [2.75, 3.05) is 19.0 Å². The summed E-state index contributed by atoms with van der Waals surface area (Å²) in [4.78, 5) is 0. The van der Waals surface area contributed by atoms with Crippen molar-refractivity contribution >= 4 is 18.1 Å². The van der Waals surface area contributed by atoms with E-state index in [9.17, 15) is 4.39 Å². The van der Waals surface area contributed by atoms with Gasteiger partial charge in [-0.25, -0.2) is 4.39 Å². The first-order valence-electron chi connectivity index (χ1n) is 3.88. The average Bonchev–Trinajstić information content (AvgIpc) is 2.05. The quantitative estimate of drug-likeness (QED) is 0.819. The van der Waals surface area contributed by atoms with Gasteiger partial charge in [-0.05, 0) is 19.1 Å². The van der Waals surface area contributed by atoms with Crippen molar-refractivity contribution in [1.82, 2.24) is 0 Å². The maximum absolute atomic E-state index is 13.0. The second-order valence-corrected chi connectivity index (χ2v) is 2.32. The second kappa shape index (κ2) is 5.65. The molecule has 0 aliphatic rings. The first-order chi connectivity index (χ1) is 5.77. The minimum atomic E-state index is -0.288. The molecule has 0 heterocycles. The number of benzene rings is 1. The molecule has 0 saturated heterocycles. The highest BCUT2D eigenvalue weighted by Crippen LogP contribution is 2.19. The third-order valence-corrected chi connectivity index (χ3v) is 1.52. The number of nitrogens with one attached hydrogen (secondary N) is 1. The molecule has 0 bridgehead atoms. The van der Waals surface area contributed by atoms with E-state index >= 15 is 0 Å². The summed E-state index contributed by atoms with van der Waals surface area (Å²) in [6, 6.07) is 4.76. The zero-order valence-corrected chi connectivity index (χ0v) is 8.45. The van der Waals surface area contributed by atoms with Crippen molar-refractivity contribution in [2.24, 2.45) is 0 Å². The van der Waals surface area contributed by atoms with E-state index in [4.69, 9.17) is 4.74 Å². The van der Waals surface area contributed by atoms with Gasteiger partial charge in [-0.1, -0.05) is 0 Å². The Morgan fingerprint density at radius 1 is 1.46 bits per heavy atom. The normalized spacial score (nSPS) is 8.85. The van der Waals surface area contributed by atoms with Crippen LogP contribution < -0.4 is 10.1 Å². The van der Waals surface area contributed by atoms with Crippen molar-refractivity contribution in [2.45, 2.75) is 6.92 Å². The van der Waals surface area contributed by atoms with E-state index < -0.39 is 0 Å². The van der Waals surface area contributed by atoms with Crippen LogP contribution in [0.3, 0.4) is 0 Å². The minimum Gasteiger partial charge on any atom is -0.494 e. The molecule has 0 unspecified atom stereocenters. The van der Waals surface area contributed by atoms with Gasteiger partial charge in [-0.3, -0.25) is 0 Å². The van der Waals surface area contributed by atoms with Crippen LogP contribution in [-0.4, -0.2) is 13.7 Å². The molecule has 0 aliphatic heterocycles. The Hall–Kier alpha value is -0.960. The van der Waals surface area contributed by atoms with Crippen LogP contribution in [0.5, 0.6) is 5.75 Å². The summed E-state index contributed by atoms with van der Waals surface area (Å²) in [5.41, 5.74) is 0.485. The van der Waals surface area contributed by atoms with Crippen molar-refractivity contribution in [3.05, 3.63) is 24.0 Å². The molecule has 1 aromatic carbocycles. The van der Waals surface area contributed by atoms with Crippen LogP contribution in [0.2, 0.25) is 0 Å². The molecule has 1 N–H and O–H groups in total. The van der Waals surface area contributed by atoms with E-state index in [0.29, 0.717) is 18.0 Å². The van der Waals surface area contributed by atoms with Crippen LogP contribution in [0.25, 0.3) is 0 Å². The van der Waals surface area contributed by atoms with E-state index in [0.717, 1.165) is 0 Å². The van der Waals surface area contributed by atoms with Crippen LogP contribution in [0, 0.1) is 5.82 Å². The van der Waals surface area contributed by atoms with Crippen LogP contribution >= 0.6 is 12.4 Å². The fourth-order valence-electron chi connectivity index (χ4n) is 0.955. The Kier molecular flexibility index (Phi) is 5.23. The monoisotopic (exact) mass is 205 g/mol. The predicted octanol–water partition coefficient (Wildman–Crippen LogP) is 2.69. The number of hydrogen-bond acceptors (Lipinski definition) is 2. The standard InChI is InChI=1S/C9H12FNO.ClH/c1-3-12-7-4-5-9(11-2)8(10)6-7;/h4-6,11H,3H2,1-2H3;1H. The first kappa shape index (κ1) is 12.0. The summed E-state index contributed by atoms with van der Waals surface area (Å²) in [7, 11) is 1.68. The third-order valence-electron chi connectivity index (χ3n) is 1.52. The molecular weight excluding hydrogens is 193 g/mol. The first-order valence-corrected chi connectivity index (χ1v) is 3.88. The Balaban J connectivity index is 0.00000144.